The number of hydrogen-bond acceptors (Lipinski definition) is 9. The number of anilines is 1. The number of hydrogen-bond donors (Lipinski definition) is 1. The average Bonchev–Trinajstić information content (AvgIpc) is 3.67. The van der Waals surface area contributed by atoms with Gasteiger partial charge in [-0.2, -0.15) is 0 Å². The lowest BCUT2D eigenvalue weighted by molar-refractivity contribution is -0.123. The number of ether oxygens (including phenoxy) is 2. The Morgan fingerprint density at radius 2 is 1.44 bits per heavy atom. The summed E-state index contributed by atoms with van der Waals surface area (Å²) in [6.45, 7) is 3.45. The summed E-state index contributed by atoms with van der Waals surface area (Å²) < 4.78 is 21.4. The number of fused-ring (bicyclic) bond motifs is 1. The van der Waals surface area contributed by atoms with Crippen LogP contribution < -0.4 is 5.32 Å². The predicted octanol–water partition coefficient (Wildman–Crippen LogP) is 5.51. The van der Waals surface area contributed by atoms with Gasteiger partial charge >= 0.3 is 11.9 Å². The van der Waals surface area contributed by atoms with Gasteiger partial charge in [-0.05, 0) is 80.6 Å². The normalized spacial score (nSPS) is 11.6. The Morgan fingerprint density at radius 3 is 2.03 bits per heavy atom. The summed E-state index contributed by atoms with van der Waals surface area (Å²) in [6.07, 6.45) is 1.98. The Hall–Kier alpha value is -5.25. The van der Waals surface area contributed by atoms with Gasteiger partial charge in [-0.1, -0.05) is 0 Å². The molecule has 0 saturated carbocycles. The van der Waals surface area contributed by atoms with E-state index in [0.29, 0.717) is 45.2 Å². The zero-order valence-electron chi connectivity index (χ0n) is 21.0. The molecule has 2 aromatic carbocycles. The van der Waals surface area contributed by atoms with Gasteiger partial charge in [-0.15, -0.1) is 0 Å². The summed E-state index contributed by atoms with van der Waals surface area (Å²) in [7, 11) is 0. The van der Waals surface area contributed by atoms with Gasteiger partial charge in [-0.25, -0.2) is 19.6 Å². The average molecular weight is 526 g/mol. The molecule has 3 aromatic heterocycles. The summed E-state index contributed by atoms with van der Waals surface area (Å²) >= 11 is 0. The van der Waals surface area contributed by atoms with Gasteiger partial charge in [0.15, 0.2) is 17.6 Å². The number of nitrogens with one attached hydrogen (secondary N) is 1. The van der Waals surface area contributed by atoms with Crippen LogP contribution in [0.4, 0.5) is 5.69 Å². The minimum atomic E-state index is -1.09. The maximum Gasteiger partial charge on any atom is 0.338 e. The molecular weight excluding hydrogens is 502 g/mol. The number of rotatable bonds is 8. The Kier molecular flexibility index (Phi) is 7.17. The predicted molar refractivity (Wildman–Crippen MR) is 141 cm³/mol. The minimum absolute atomic E-state index is 0.200. The minimum Gasteiger partial charge on any atom is -0.463 e. The first-order valence-electron chi connectivity index (χ1n) is 12.1. The Balaban J connectivity index is 1.32. The molecule has 0 aliphatic rings. The smallest absolute Gasteiger partial charge is 0.338 e. The largest absolute Gasteiger partial charge is 0.463 e. The second-order valence-electron chi connectivity index (χ2n) is 8.41. The van der Waals surface area contributed by atoms with Crippen molar-refractivity contribution >= 4 is 34.6 Å². The second-order valence-corrected chi connectivity index (χ2v) is 8.41. The quantitative estimate of drug-likeness (QED) is 0.260. The van der Waals surface area contributed by atoms with E-state index in [1.54, 1.807) is 67.8 Å². The van der Waals surface area contributed by atoms with Crippen LogP contribution in [0.25, 0.3) is 33.9 Å². The van der Waals surface area contributed by atoms with Crippen LogP contribution in [0.15, 0.2) is 88.1 Å². The van der Waals surface area contributed by atoms with Crippen molar-refractivity contribution in [1.82, 2.24) is 9.97 Å². The van der Waals surface area contributed by atoms with Crippen LogP contribution in [0, 0.1) is 0 Å². The van der Waals surface area contributed by atoms with Gasteiger partial charge in [0.2, 0.25) is 0 Å². The molecule has 1 unspecified atom stereocenters. The highest BCUT2D eigenvalue weighted by atomic mass is 16.5. The molecule has 196 valence electrons. The van der Waals surface area contributed by atoms with E-state index in [4.69, 9.17) is 18.3 Å². The summed E-state index contributed by atoms with van der Waals surface area (Å²) in [4.78, 5) is 46.6. The first kappa shape index (κ1) is 25.4. The van der Waals surface area contributed by atoms with E-state index in [9.17, 15) is 14.4 Å². The molecule has 0 bridgehead atoms. The van der Waals surface area contributed by atoms with Gasteiger partial charge in [0.1, 0.15) is 11.4 Å². The first-order chi connectivity index (χ1) is 18.9. The Bertz CT molecular complexity index is 1630. The number of nitrogens with zero attached hydrogens (tertiary/aromatic N) is 2. The number of aromatic nitrogens is 2. The third kappa shape index (κ3) is 5.54. The van der Waals surface area contributed by atoms with Crippen molar-refractivity contribution in [2.75, 3.05) is 11.9 Å². The number of amides is 1. The molecule has 5 aromatic rings. The summed E-state index contributed by atoms with van der Waals surface area (Å²) in [5, 5.41) is 2.66. The van der Waals surface area contributed by atoms with Crippen molar-refractivity contribution in [2.24, 2.45) is 0 Å². The fourth-order valence-electron chi connectivity index (χ4n) is 3.78. The van der Waals surface area contributed by atoms with Crippen molar-refractivity contribution in [2.45, 2.75) is 20.0 Å². The van der Waals surface area contributed by atoms with E-state index in [2.05, 4.69) is 15.3 Å². The molecule has 0 fully saturated rings. The third-order valence-corrected chi connectivity index (χ3v) is 5.73. The van der Waals surface area contributed by atoms with Crippen molar-refractivity contribution in [3.63, 3.8) is 0 Å². The molecule has 1 amide bonds. The van der Waals surface area contributed by atoms with Crippen molar-refractivity contribution in [3.8, 4) is 22.9 Å². The lowest BCUT2D eigenvalue weighted by Gasteiger charge is -2.14. The van der Waals surface area contributed by atoms with E-state index in [0.717, 1.165) is 0 Å². The lowest BCUT2D eigenvalue weighted by Crippen LogP contribution is -2.30. The standard InChI is InChI=1S/C29H23N3O7/c1-3-36-28(34)18-8-11-20(12-9-18)30-27(33)17(2)39-29(35)19-10-13-21-22(16-19)32-26(24-7-5-15-38-24)25(31-21)23-6-4-14-37-23/h4-17H,3H2,1-2H3,(H,30,33). The zero-order chi connectivity index (χ0) is 27.4. The maximum absolute atomic E-state index is 12.9. The molecule has 0 spiro atoms. The number of benzene rings is 2. The molecule has 0 aliphatic heterocycles. The van der Waals surface area contributed by atoms with Crippen molar-refractivity contribution in [1.29, 1.82) is 0 Å². The molecule has 39 heavy (non-hydrogen) atoms. The van der Waals surface area contributed by atoms with Crippen LogP contribution in [0.3, 0.4) is 0 Å². The van der Waals surface area contributed by atoms with E-state index >= 15 is 0 Å². The van der Waals surface area contributed by atoms with Crippen molar-refractivity contribution in [3.05, 3.63) is 90.4 Å². The molecule has 10 nitrogen and oxygen atoms in total. The summed E-state index contributed by atoms with van der Waals surface area (Å²) in [5.41, 5.74) is 2.92. The van der Waals surface area contributed by atoms with Crippen molar-refractivity contribution < 1.29 is 32.7 Å². The fraction of sp³-hybridized carbons (Fsp3) is 0.138. The zero-order valence-corrected chi connectivity index (χ0v) is 21.0. The summed E-state index contributed by atoms with van der Waals surface area (Å²) in [6, 6.07) is 18.0. The number of carbonyl (C=O) groups is 3. The fourth-order valence-corrected chi connectivity index (χ4v) is 3.78. The summed E-state index contributed by atoms with van der Waals surface area (Å²) in [5.74, 6) is -0.671. The van der Waals surface area contributed by atoms with E-state index in [1.165, 1.54) is 25.3 Å². The second kappa shape index (κ2) is 11.0. The van der Waals surface area contributed by atoms with E-state index < -0.39 is 23.9 Å². The van der Waals surface area contributed by atoms with Crippen LogP contribution in [0.1, 0.15) is 34.6 Å². The monoisotopic (exact) mass is 525 g/mol. The van der Waals surface area contributed by atoms with Crippen LogP contribution in [-0.4, -0.2) is 40.5 Å². The van der Waals surface area contributed by atoms with Gasteiger partial charge in [0.25, 0.3) is 5.91 Å². The highest BCUT2D eigenvalue weighted by Crippen LogP contribution is 2.31. The molecule has 5 rings (SSSR count). The SMILES string of the molecule is CCOC(=O)c1ccc(NC(=O)C(C)OC(=O)c2ccc3nc(-c4ccco4)c(-c4ccco4)nc3c2)cc1. The van der Waals surface area contributed by atoms with Gasteiger partial charge in [-0.3, -0.25) is 4.79 Å². The highest BCUT2D eigenvalue weighted by molar-refractivity contribution is 5.99. The Morgan fingerprint density at radius 1 is 0.821 bits per heavy atom. The van der Waals surface area contributed by atoms with E-state index in [-0.39, 0.29) is 12.2 Å². The number of furan rings is 2. The number of carbonyl (C=O) groups excluding carboxylic acids is 3. The first-order valence-corrected chi connectivity index (χ1v) is 12.1. The third-order valence-electron chi connectivity index (χ3n) is 5.73. The molecule has 0 aliphatic carbocycles. The molecule has 0 radical (unpaired) electrons. The van der Waals surface area contributed by atoms with Crippen LogP contribution in [0.2, 0.25) is 0 Å². The van der Waals surface area contributed by atoms with Gasteiger partial charge < -0.3 is 23.6 Å². The molecule has 1 atom stereocenters. The Labute approximate surface area is 222 Å². The van der Waals surface area contributed by atoms with Gasteiger partial charge in [0.05, 0.1) is 41.3 Å². The highest BCUT2D eigenvalue weighted by Gasteiger charge is 2.21. The molecule has 1 N–H and O–H groups in total. The molecular formula is C29H23N3O7. The molecule has 3 heterocycles. The van der Waals surface area contributed by atoms with Crippen LogP contribution >= 0.6 is 0 Å². The number of esters is 2. The maximum atomic E-state index is 12.9. The molecule has 10 heteroatoms. The lowest BCUT2D eigenvalue weighted by atomic mass is 10.1. The van der Waals surface area contributed by atoms with Crippen LogP contribution in [0.5, 0.6) is 0 Å². The topological polar surface area (TPSA) is 134 Å². The van der Waals surface area contributed by atoms with Crippen LogP contribution in [-0.2, 0) is 14.3 Å². The molecule has 0 saturated heterocycles. The van der Waals surface area contributed by atoms with Gasteiger partial charge in [0, 0.05) is 5.69 Å². The van der Waals surface area contributed by atoms with E-state index in [1.807, 2.05) is 0 Å².